The highest BCUT2D eigenvalue weighted by Crippen LogP contribution is 2.23. The van der Waals surface area contributed by atoms with Gasteiger partial charge in [0.25, 0.3) is 0 Å². The van der Waals surface area contributed by atoms with Crippen LogP contribution in [0.25, 0.3) is 0 Å². The summed E-state index contributed by atoms with van der Waals surface area (Å²) in [5, 5.41) is 9.00. The molecule has 0 bridgehead atoms. The molecular weight excluding hydrogens is 268 g/mol. The van der Waals surface area contributed by atoms with Gasteiger partial charge in [-0.3, -0.25) is 0 Å². The maximum atomic E-state index is 11.0. The van der Waals surface area contributed by atoms with Crippen LogP contribution >= 0.6 is 11.6 Å². The van der Waals surface area contributed by atoms with Crippen molar-refractivity contribution < 1.29 is 19.4 Å². The molecule has 0 unspecified atom stereocenters. The third kappa shape index (κ3) is 5.39. The van der Waals surface area contributed by atoms with Crippen molar-refractivity contribution in [2.75, 3.05) is 12.5 Å². The fourth-order valence-electron chi connectivity index (χ4n) is 1.35. The minimum absolute atomic E-state index is 0.474. The molecule has 0 fully saturated rings. The van der Waals surface area contributed by atoms with Crippen LogP contribution in [0.2, 0.25) is 0 Å². The van der Waals surface area contributed by atoms with Crippen molar-refractivity contribution in [1.82, 2.24) is 0 Å². The summed E-state index contributed by atoms with van der Waals surface area (Å²) in [5.41, 5.74) is -1.27. The predicted molar refractivity (Wildman–Crippen MR) is 74.2 cm³/mol. The van der Waals surface area contributed by atoms with Crippen molar-refractivity contribution in [1.29, 1.82) is 0 Å². The molecule has 0 radical (unpaired) electrons. The highest BCUT2D eigenvalue weighted by molar-refractivity contribution is 6.17. The fourth-order valence-corrected chi connectivity index (χ4v) is 1.54. The lowest BCUT2D eigenvalue weighted by molar-refractivity contribution is -0.152. The molecule has 0 saturated heterocycles. The first-order chi connectivity index (χ1) is 8.95. The third-order valence-corrected chi connectivity index (χ3v) is 2.76. The van der Waals surface area contributed by atoms with E-state index in [9.17, 15) is 4.79 Å². The zero-order chi connectivity index (χ0) is 14.3. The molecule has 106 valence electrons. The zero-order valence-corrected chi connectivity index (χ0v) is 11.9. The van der Waals surface area contributed by atoms with Gasteiger partial charge in [-0.05, 0) is 38.8 Å². The van der Waals surface area contributed by atoms with Crippen LogP contribution in [0.3, 0.4) is 0 Å². The lowest BCUT2D eigenvalue weighted by Crippen LogP contribution is -2.37. The lowest BCUT2D eigenvalue weighted by atomic mass is 10.1. The van der Waals surface area contributed by atoms with Crippen LogP contribution < -0.4 is 9.47 Å². The van der Waals surface area contributed by atoms with Gasteiger partial charge in [-0.1, -0.05) is 6.07 Å². The second-order valence-electron chi connectivity index (χ2n) is 4.64. The van der Waals surface area contributed by atoms with E-state index in [0.717, 1.165) is 12.8 Å². The van der Waals surface area contributed by atoms with Crippen molar-refractivity contribution in [3.63, 3.8) is 0 Å². The summed E-state index contributed by atoms with van der Waals surface area (Å²) in [6.45, 7) is 3.59. The van der Waals surface area contributed by atoms with Gasteiger partial charge < -0.3 is 14.6 Å². The summed E-state index contributed by atoms with van der Waals surface area (Å²) in [4.78, 5) is 11.0. The summed E-state index contributed by atoms with van der Waals surface area (Å²) in [7, 11) is 0. The van der Waals surface area contributed by atoms with Gasteiger partial charge in [0.15, 0.2) is 5.60 Å². The monoisotopic (exact) mass is 286 g/mol. The molecule has 1 aromatic rings. The van der Waals surface area contributed by atoms with Crippen LogP contribution in [-0.2, 0) is 4.79 Å². The number of carbonyl (C=O) groups is 1. The van der Waals surface area contributed by atoms with E-state index in [0.29, 0.717) is 24.0 Å². The Kier molecular flexibility index (Phi) is 5.96. The maximum Gasteiger partial charge on any atom is 0.347 e. The van der Waals surface area contributed by atoms with E-state index in [1.807, 2.05) is 0 Å². The van der Waals surface area contributed by atoms with Gasteiger partial charge in [0.05, 0.1) is 6.61 Å². The largest absolute Gasteiger partial charge is 0.493 e. The van der Waals surface area contributed by atoms with Crippen LogP contribution in [-0.4, -0.2) is 29.2 Å². The highest BCUT2D eigenvalue weighted by atomic mass is 35.5. The van der Waals surface area contributed by atoms with Crippen LogP contribution in [0.15, 0.2) is 24.3 Å². The Bertz CT molecular complexity index is 418. The minimum atomic E-state index is -1.27. The molecule has 19 heavy (non-hydrogen) atoms. The number of aliphatic carboxylic acids is 1. The van der Waals surface area contributed by atoms with Crippen molar-refractivity contribution in [2.45, 2.75) is 32.3 Å². The number of rotatable bonds is 8. The Morgan fingerprint density at radius 2 is 2.00 bits per heavy atom. The van der Waals surface area contributed by atoms with E-state index in [-0.39, 0.29) is 0 Å². The molecule has 0 spiro atoms. The van der Waals surface area contributed by atoms with Crippen molar-refractivity contribution >= 4 is 17.6 Å². The van der Waals surface area contributed by atoms with Crippen LogP contribution in [0, 0.1) is 0 Å². The lowest BCUT2D eigenvalue weighted by Gasteiger charge is -2.21. The van der Waals surface area contributed by atoms with E-state index in [1.165, 1.54) is 13.8 Å². The van der Waals surface area contributed by atoms with Crippen molar-refractivity contribution in [2.24, 2.45) is 0 Å². The fraction of sp³-hybridized carbons (Fsp3) is 0.500. The van der Waals surface area contributed by atoms with E-state index < -0.39 is 11.6 Å². The summed E-state index contributed by atoms with van der Waals surface area (Å²) in [5.74, 6) is 0.746. The van der Waals surface area contributed by atoms with Gasteiger partial charge in [0.2, 0.25) is 0 Å². The van der Waals surface area contributed by atoms with Gasteiger partial charge in [0, 0.05) is 11.9 Å². The molecule has 1 N–H and O–H groups in total. The molecule has 0 atom stereocenters. The average Bonchev–Trinajstić information content (AvgIpc) is 2.34. The molecule has 5 heteroatoms. The molecular formula is C14H19ClO4. The summed E-state index contributed by atoms with van der Waals surface area (Å²) >= 11 is 5.58. The summed E-state index contributed by atoms with van der Waals surface area (Å²) in [6.07, 6.45) is 1.79. The van der Waals surface area contributed by atoms with Crippen LogP contribution in [0.1, 0.15) is 26.7 Å². The molecule has 1 aromatic carbocycles. The highest BCUT2D eigenvalue weighted by Gasteiger charge is 2.29. The number of ether oxygens (including phenoxy) is 2. The SMILES string of the molecule is CC(C)(Oc1cccc(OCCCCCl)c1)C(=O)O. The number of benzene rings is 1. The maximum absolute atomic E-state index is 11.0. The first-order valence-corrected chi connectivity index (χ1v) is 6.70. The molecule has 0 aromatic heterocycles. The first-order valence-electron chi connectivity index (χ1n) is 6.17. The van der Waals surface area contributed by atoms with Crippen molar-refractivity contribution in [3.05, 3.63) is 24.3 Å². The number of halogens is 1. The van der Waals surface area contributed by atoms with Gasteiger partial charge in [0.1, 0.15) is 11.5 Å². The number of carboxylic acids is 1. The molecule has 0 saturated carbocycles. The van der Waals surface area contributed by atoms with Crippen LogP contribution in [0.4, 0.5) is 0 Å². The smallest absolute Gasteiger partial charge is 0.347 e. The predicted octanol–water partition coefficient (Wildman–Crippen LogP) is 3.33. The Hall–Kier alpha value is -1.42. The van der Waals surface area contributed by atoms with Gasteiger partial charge >= 0.3 is 5.97 Å². The van der Waals surface area contributed by atoms with Gasteiger partial charge in [-0.15, -0.1) is 11.6 Å². The molecule has 0 amide bonds. The number of alkyl halides is 1. The molecule has 0 aliphatic carbocycles. The summed E-state index contributed by atoms with van der Waals surface area (Å²) in [6, 6.07) is 6.97. The van der Waals surface area contributed by atoms with Crippen molar-refractivity contribution in [3.8, 4) is 11.5 Å². The number of carboxylic acid groups (broad SMARTS) is 1. The number of hydrogen-bond acceptors (Lipinski definition) is 3. The molecule has 1 rings (SSSR count). The quantitative estimate of drug-likeness (QED) is 0.588. The number of unbranched alkanes of at least 4 members (excludes halogenated alkanes) is 1. The van der Waals surface area contributed by atoms with E-state index >= 15 is 0 Å². The Balaban J connectivity index is 2.59. The summed E-state index contributed by atoms with van der Waals surface area (Å²) < 4.78 is 11.0. The van der Waals surface area contributed by atoms with Gasteiger partial charge in [-0.2, -0.15) is 0 Å². The minimum Gasteiger partial charge on any atom is -0.493 e. The molecule has 0 aliphatic heterocycles. The second-order valence-corrected chi connectivity index (χ2v) is 5.01. The standard InChI is InChI=1S/C14H19ClO4/c1-14(2,13(16)17)19-12-7-5-6-11(10-12)18-9-4-3-8-15/h5-7,10H,3-4,8-9H2,1-2H3,(H,16,17). The third-order valence-electron chi connectivity index (χ3n) is 2.49. The Morgan fingerprint density at radius 1 is 1.32 bits per heavy atom. The van der Waals surface area contributed by atoms with E-state index in [2.05, 4.69) is 0 Å². The topological polar surface area (TPSA) is 55.8 Å². The average molecular weight is 287 g/mol. The Morgan fingerprint density at radius 3 is 2.63 bits per heavy atom. The number of hydrogen-bond donors (Lipinski definition) is 1. The first kappa shape index (κ1) is 15.6. The van der Waals surface area contributed by atoms with Crippen LogP contribution in [0.5, 0.6) is 11.5 Å². The van der Waals surface area contributed by atoms with E-state index in [4.69, 9.17) is 26.2 Å². The molecule has 0 heterocycles. The normalized spacial score (nSPS) is 11.1. The Labute approximate surface area is 118 Å². The second kappa shape index (κ2) is 7.24. The molecule has 4 nitrogen and oxygen atoms in total. The van der Waals surface area contributed by atoms with Gasteiger partial charge in [-0.25, -0.2) is 4.79 Å². The van der Waals surface area contributed by atoms with E-state index in [1.54, 1.807) is 24.3 Å². The molecule has 0 aliphatic rings. The zero-order valence-electron chi connectivity index (χ0n) is 11.2.